The fraction of sp³-hybridized carbons (Fsp3) is 0.222. The molecule has 3 aromatic rings. The Labute approximate surface area is 129 Å². The summed E-state index contributed by atoms with van der Waals surface area (Å²) in [6, 6.07) is 15.9. The molecular formula is C18H19N3O. The Morgan fingerprint density at radius 1 is 1.05 bits per heavy atom. The minimum absolute atomic E-state index is 0.0793. The highest BCUT2D eigenvalue weighted by atomic mass is 16.1. The second kappa shape index (κ2) is 6.12. The van der Waals surface area contributed by atoms with Crippen LogP contribution < -0.4 is 5.56 Å². The zero-order valence-electron chi connectivity index (χ0n) is 12.8. The SMILES string of the molecule is Cc1ccc(CN(C)Cc2nc3ccccc3c(=O)[nH]2)cc1. The van der Waals surface area contributed by atoms with Gasteiger partial charge in [-0.15, -0.1) is 0 Å². The quantitative estimate of drug-likeness (QED) is 0.804. The van der Waals surface area contributed by atoms with E-state index in [1.165, 1.54) is 11.1 Å². The number of aromatic nitrogens is 2. The van der Waals surface area contributed by atoms with Gasteiger partial charge in [0, 0.05) is 6.54 Å². The predicted octanol–water partition coefficient (Wildman–Crippen LogP) is 2.86. The molecule has 0 fully saturated rings. The first kappa shape index (κ1) is 14.5. The van der Waals surface area contributed by atoms with E-state index in [0.29, 0.717) is 17.8 Å². The van der Waals surface area contributed by atoms with Crippen LogP contribution >= 0.6 is 0 Å². The molecule has 0 saturated heterocycles. The average Bonchev–Trinajstić information content (AvgIpc) is 2.49. The molecule has 1 aromatic heterocycles. The Bertz CT molecular complexity index is 837. The molecule has 1 heterocycles. The first-order chi connectivity index (χ1) is 10.6. The van der Waals surface area contributed by atoms with Gasteiger partial charge in [0.15, 0.2) is 0 Å². The van der Waals surface area contributed by atoms with Gasteiger partial charge in [0.1, 0.15) is 5.82 Å². The molecule has 0 atom stereocenters. The smallest absolute Gasteiger partial charge is 0.258 e. The summed E-state index contributed by atoms with van der Waals surface area (Å²) in [7, 11) is 2.02. The molecule has 0 unspecified atom stereocenters. The fourth-order valence-corrected chi connectivity index (χ4v) is 2.53. The van der Waals surface area contributed by atoms with Gasteiger partial charge in [0.2, 0.25) is 0 Å². The van der Waals surface area contributed by atoms with E-state index in [9.17, 15) is 4.79 Å². The summed E-state index contributed by atoms with van der Waals surface area (Å²) in [5.74, 6) is 0.693. The maximum Gasteiger partial charge on any atom is 0.258 e. The van der Waals surface area contributed by atoms with Crippen LogP contribution in [0.4, 0.5) is 0 Å². The number of aryl methyl sites for hydroxylation is 1. The second-order valence-electron chi connectivity index (χ2n) is 5.69. The third-order valence-electron chi connectivity index (χ3n) is 3.65. The van der Waals surface area contributed by atoms with E-state index in [4.69, 9.17) is 0 Å². The summed E-state index contributed by atoms with van der Waals surface area (Å²) in [6.07, 6.45) is 0. The number of rotatable bonds is 4. The van der Waals surface area contributed by atoms with Gasteiger partial charge >= 0.3 is 0 Å². The molecule has 3 rings (SSSR count). The van der Waals surface area contributed by atoms with Crippen LogP contribution in [-0.2, 0) is 13.1 Å². The Hall–Kier alpha value is -2.46. The number of para-hydroxylation sites is 1. The molecule has 0 aliphatic carbocycles. The van der Waals surface area contributed by atoms with Gasteiger partial charge in [-0.25, -0.2) is 4.98 Å². The van der Waals surface area contributed by atoms with Crippen LogP contribution in [0.5, 0.6) is 0 Å². The van der Waals surface area contributed by atoms with Gasteiger partial charge < -0.3 is 4.98 Å². The van der Waals surface area contributed by atoms with Crippen molar-refractivity contribution in [1.82, 2.24) is 14.9 Å². The number of benzene rings is 2. The molecule has 2 aromatic carbocycles. The second-order valence-corrected chi connectivity index (χ2v) is 5.69. The van der Waals surface area contributed by atoms with Crippen molar-refractivity contribution in [3.05, 3.63) is 75.8 Å². The summed E-state index contributed by atoms with van der Waals surface area (Å²) in [5, 5.41) is 0.632. The fourth-order valence-electron chi connectivity index (χ4n) is 2.53. The van der Waals surface area contributed by atoms with Gasteiger partial charge in [0.05, 0.1) is 17.4 Å². The number of nitrogens with one attached hydrogen (secondary N) is 1. The topological polar surface area (TPSA) is 49.0 Å². The van der Waals surface area contributed by atoms with Crippen LogP contribution in [0.2, 0.25) is 0 Å². The van der Waals surface area contributed by atoms with Crippen molar-refractivity contribution in [3.63, 3.8) is 0 Å². The van der Waals surface area contributed by atoms with Gasteiger partial charge in [-0.1, -0.05) is 42.0 Å². The van der Waals surface area contributed by atoms with Crippen molar-refractivity contribution in [2.75, 3.05) is 7.05 Å². The molecule has 0 aliphatic heterocycles. The number of H-pyrrole nitrogens is 1. The molecule has 112 valence electrons. The van der Waals surface area contributed by atoms with Crippen molar-refractivity contribution >= 4 is 10.9 Å². The van der Waals surface area contributed by atoms with Crippen LogP contribution in [0.1, 0.15) is 17.0 Å². The Morgan fingerprint density at radius 3 is 2.55 bits per heavy atom. The highest BCUT2D eigenvalue weighted by molar-refractivity contribution is 5.77. The van der Waals surface area contributed by atoms with Crippen LogP contribution in [-0.4, -0.2) is 21.9 Å². The van der Waals surface area contributed by atoms with Crippen LogP contribution in [0.3, 0.4) is 0 Å². The Morgan fingerprint density at radius 2 is 1.77 bits per heavy atom. The van der Waals surface area contributed by atoms with Crippen molar-refractivity contribution in [1.29, 1.82) is 0 Å². The molecule has 0 spiro atoms. The molecule has 0 radical (unpaired) electrons. The number of hydrogen-bond donors (Lipinski definition) is 1. The highest BCUT2D eigenvalue weighted by Crippen LogP contribution is 2.09. The summed E-state index contributed by atoms with van der Waals surface area (Å²) in [5.41, 5.74) is 3.16. The van der Waals surface area contributed by atoms with E-state index < -0.39 is 0 Å². The zero-order chi connectivity index (χ0) is 15.5. The maximum atomic E-state index is 12.1. The van der Waals surface area contributed by atoms with Gasteiger partial charge in [-0.3, -0.25) is 9.69 Å². The van der Waals surface area contributed by atoms with Crippen molar-refractivity contribution in [3.8, 4) is 0 Å². The number of fused-ring (bicyclic) bond motifs is 1. The van der Waals surface area contributed by atoms with Gasteiger partial charge in [-0.2, -0.15) is 0 Å². The lowest BCUT2D eigenvalue weighted by Gasteiger charge is -2.16. The average molecular weight is 293 g/mol. The van der Waals surface area contributed by atoms with Crippen molar-refractivity contribution in [2.24, 2.45) is 0 Å². The molecular weight excluding hydrogens is 274 g/mol. The normalized spacial score (nSPS) is 11.2. The Balaban J connectivity index is 1.77. The largest absolute Gasteiger partial charge is 0.309 e. The third-order valence-corrected chi connectivity index (χ3v) is 3.65. The first-order valence-corrected chi connectivity index (χ1v) is 7.34. The summed E-state index contributed by atoms with van der Waals surface area (Å²) < 4.78 is 0. The lowest BCUT2D eigenvalue weighted by atomic mass is 10.1. The maximum absolute atomic E-state index is 12.1. The molecule has 4 nitrogen and oxygen atoms in total. The van der Waals surface area contributed by atoms with Crippen LogP contribution in [0.15, 0.2) is 53.3 Å². The summed E-state index contributed by atoms with van der Waals surface area (Å²) in [6.45, 7) is 3.50. The van der Waals surface area contributed by atoms with Crippen LogP contribution in [0.25, 0.3) is 10.9 Å². The molecule has 0 aliphatic rings. The zero-order valence-corrected chi connectivity index (χ0v) is 12.8. The number of aromatic amines is 1. The minimum atomic E-state index is -0.0793. The van der Waals surface area contributed by atoms with E-state index in [0.717, 1.165) is 12.1 Å². The number of nitrogens with zero attached hydrogens (tertiary/aromatic N) is 2. The van der Waals surface area contributed by atoms with E-state index >= 15 is 0 Å². The minimum Gasteiger partial charge on any atom is -0.309 e. The molecule has 4 heteroatoms. The predicted molar refractivity (Wildman–Crippen MR) is 88.7 cm³/mol. The molecule has 0 amide bonds. The lowest BCUT2D eigenvalue weighted by molar-refractivity contribution is 0.310. The summed E-state index contributed by atoms with van der Waals surface area (Å²) in [4.78, 5) is 21.6. The summed E-state index contributed by atoms with van der Waals surface area (Å²) >= 11 is 0. The molecule has 1 N–H and O–H groups in total. The standard InChI is InChI=1S/C18H19N3O/c1-13-7-9-14(10-8-13)11-21(2)12-17-19-16-6-4-3-5-15(16)18(22)20-17/h3-10H,11-12H2,1-2H3,(H,19,20,22). The van der Waals surface area contributed by atoms with Crippen molar-refractivity contribution in [2.45, 2.75) is 20.0 Å². The van der Waals surface area contributed by atoms with E-state index in [1.54, 1.807) is 6.07 Å². The lowest BCUT2D eigenvalue weighted by Crippen LogP contribution is -2.21. The molecule has 0 bridgehead atoms. The van der Waals surface area contributed by atoms with E-state index in [-0.39, 0.29) is 5.56 Å². The first-order valence-electron chi connectivity index (χ1n) is 7.34. The van der Waals surface area contributed by atoms with Crippen molar-refractivity contribution < 1.29 is 0 Å². The van der Waals surface area contributed by atoms with E-state index in [2.05, 4.69) is 46.1 Å². The van der Waals surface area contributed by atoms with Crippen LogP contribution in [0, 0.1) is 6.92 Å². The Kier molecular flexibility index (Phi) is 4.02. The highest BCUT2D eigenvalue weighted by Gasteiger charge is 2.06. The molecule has 22 heavy (non-hydrogen) atoms. The molecule has 0 saturated carbocycles. The monoisotopic (exact) mass is 293 g/mol. The third kappa shape index (κ3) is 3.23. The van der Waals surface area contributed by atoms with E-state index in [1.807, 2.05) is 25.2 Å². The number of hydrogen-bond acceptors (Lipinski definition) is 3. The van der Waals surface area contributed by atoms with Gasteiger partial charge in [0.25, 0.3) is 5.56 Å². The van der Waals surface area contributed by atoms with Gasteiger partial charge in [-0.05, 0) is 31.7 Å².